The summed E-state index contributed by atoms with van der Waals surface area (Å²) in [6, 6.07) is 24.6. The van der Waals surface area contributed by atoms with Crippen molar-refractivity contribution in [2.45, 2.75) is 0 Å². The summed E-state index contributed by atoms with van der Waals surface area (Å²) in [7, 11) is 0. The number of urea groups is 1. The molecule has 0 saturated carbocycles. The van der Waals surface area contributed by atoms with E-state index in [9.17, 15) is 43.2 Å². The predicted molar refractivity (Wildman–Crippen MR) is 196 cm³/mol. The smallest absolute Gasteiger partial charge is 0.320 e. The van der Waals surface area contributed by atoms with Crippen molar-refractivity contribution >= 4 is 53.3 Å². The van der Waals surface area contributed by atoms with Crippen LogP contribution in [0.2, 0.25) is 0 Å². The molecule has 0 atom stereocenters. The maximum atomic E-state index is 14.7. The van der Waals surface area contributed by atoms with Gasteiger partial charge in [0.05, 0.1) is 44.5 Å². The van der Waals surface area contributed by atoms with E-state index in [2.05, 4.69) is 0 Å². The number of hydrogen-bond donors (Lipinski definition) is 0. The van der Waals surface area contributed by atoms with Gasteiger partial charge in [0, 0.05) is 52.4 Å². The van der Waals surface area contributed by atoms with Gasteiger partial charge in [0.1, 0.15) is 0 Å². The molecule has 0 N–H and O–H groups in total. The molecule has 0 unspecified atom stereocenters. The molecule has 10 amide bonds. The van der Waals surface area contributed by atoms with Gasteiger partial charge in [-0.1, -0.05) is 48.5 Å². The monoisotopic (exact) mass is 752 g/mol. The van der Waals surface area contributed by atoms with E-state index < -0.39 is 53.3 Å². The fourth-order valence-electron chi connectivity index (χ4n) is 7.46. The molecule has 280 valence electrons. The van der Waals surface area contributed by atoms with E-state index in [0.717, 1.165) is 19.6 Å². The van der Waals surface area contributed by atoms with Crippen LogP contribution in [0.1, 0.15) is 82.9 Å². The van der Waals surface area contributed by atoms with Gasteiger partial charge >= 0.3 is 6.03 Å². The van der Waals surface area contributed by atoms with Crippen LogP contribution >= 0.6 is 0 Å². The molecule has 0 saturated heterocycles. The molecular weight excluding hydrogens is 720 g/mol. The zero-order chi connectivity index (χ0) is 39.2. The third kappa shape index (κ3) is 5.89. The van der Waals surface area contributed by atoms with Crippen molar-refractivity contribution < 1.29 is 43.2 Å². The largest absolute Gasteiger partial charge is 0.321 e. The van der Waals surface area contributed by atoms with Crippen LogP contribution in [0.4, 0.5) is 4.79 Å². The van der Waals surface area contributed by atoms with Crippen molar-refractivity contribution in [2.75, 3.05) is 52.4 Å². The average Bonchev–Trinajstić information content (AvgIpc) is 3.81. The summed E-state index contributed by atoms with van der Waals surface area (Å²) in [5.74, 6) is -4.40. The van der Waals surface area contributed by atoms with Gasteiger partial charge in [-0.15, -0.1) is 0 Å². The highest BCUT2D eigenvalue weighted by Gasteiger charge is 2.40. The molecule has 4 aromatic rings. The van der Waals surface area contributed by atoms with E-state index in [1.807, 2.05) is 0 Å². The standard InChI is InChI=1S/C41H32N6O9/c48-33-25-9-1-2-10-26(25)34(49)44(33)21-17-42(18-22-45-35(50)27-11-3-4-12-28(27)36(45)51)41(56)43(19-23-46-37(52)29-13-5-6-14-30(29)38(46)53)20-24-47-39(54)31-15-7-8-16-32(31)40(47)55/h1-16H,17-24H2. The van der Waals surface area contributed by atoms with Gasteiger partial charge in [0.15, 0.2) is 0 Å². The van der Waals surface area contributed by atoms with Crippen LogP contribution < -0.4 is 0 Å². The first-order chi connectivity index (χ1) is 27.1. The van der Waals surface area contributed by atoms with Gasteiger partial charge in [-0.3, -0.25) is 58.0 Å². The quantitative estimate of drug-likeness (QED) is 0.197. The Morgan fingerprint density at radius 1 is 0.321 bits per heavy atom. The fourth-order valence-corrected chi connectivity index (χ4v) is 7.46. The molecular formula is C41H32N6O9. The van der Waals surface area contributed by atoms with Crippen molar-refractivity contribution in [1.82, 2.24) is 29.4 Å². The second-order valence-corrected chi connectivity index (χ2v) is 13.5. The van der Waals surface area contributed by atoms with E-state index in [-0.39, 0.29) is 96.9 Å². The molecule has 4 heterocycles. The zero-order valence-electron chi connectivity index (χ0n) is 29.8. The minimum absolute atomic E-state index is 0.213. The lowest BCUT2D eigenvalue weighted by Gasteiger charge is -2.33. The highest BCUT2D eigenvalue weighted by atomic mass is 16.2. The predicted octanol–water partition coefficient (Wildman–Crippen LogP) is 2.90. The third-order valence-electron chi connectivity index (χ3n) is 10.4. The number of hydrogen-bond acceptors (Lipinski definition) is 9. The Kier molecular flexibility index (Phi) is 9.04. The average molecular weight is 753 g/mol. The number of fused-ring (bicyclic) bond motifs is 4. The Bertz CT molecular complexity index is 1960. The van der Waals surface area contributed by atoms with Crippen molar-refractivity contribution in [3.05, 3.63) is 142 Å². The Labute approximate surface area is 319 Å². The van der Waals surface area contributed by atoms with Crippen molar-refractivity contribution in [3.8, 4) is 0 Å². The molecule has 0 spiro atoms. The van der Waals surface area contributed by atoms with Crippen molar-refractivity contribution in [1.29, 1.82) is 0 Å². The number of nitrogens with zero attached hydrogens (tertiary/aromatic N) is 6. The lowest BCUT2D eigenvalue weighted by molar-refractivity contribution is 0.0617. The van der Waals surface area contributed by atoms with E-state index >= 15 is 0 Å². The number of rotatable bonds is 12. The lowest BCUT2D eigenvalue weighted by atomic mass is 10.1. The van der Waals surface area contributed by atoms with Gasteiger partial charge in [-0.05, 0) is 48.5 Å². The maximum absolute atomic E-state index is 14.7. The molecule has 4 aliphatic heterocycles. The highest BCUT2D eigenvalue weighted by Crippen LogP contribution is 2.26. The first kappa shape index (κ1) is 35.7. The summed E-state index contributed by atoms with van der Waals surface area (Å²) in [5, 5.41) is 0. The van der Waals surface area contributed by atoms with E-state index in [1.165, 1.54) is 58.3 Å². The van der Waals surface area contributed by atoms with Gasteiger partial charge in [-0.2, -0.15) is 0 Å². The van der Waals surface area contributed by atoms with Crippen molar-refractivity contribution in [2.24, 2.45) is 0 Å². The summed E-state index contributed by atoms with van der Waals surface area (Å²) in [6.07, 6.45) is 0. The topological polar surface area (TPSA) is 173 Å². The maximum Gasteiger partial charge on any atom is 0.320 e. The van der Waals surface area contributed by atoms with E-state index in [0.29, 0.717) is 0 Å². The lowest BCUT2D eigenvalue weighted by Crippen LogP contribution is -2.53. The summed E-state index contributed by atoms with van der Waals surface area (Å²) >= 11 is 0. The molecule has 8 rings (SSSR count). The summed E-state index contributed by atoms with van der Waals surface area (Å²) in [5.41, 5.74) is 1.70. The first-order valence-electron chi connectivity index (χ1n) is 17.9. The Hall–Kier alpha value is -7.29. The van der Waals surface area contributed by atoms with Crippen molar-refractivity contribution in [3.63, 3.8) is 0 Å². The Morgan fingerprint density at radius 3 is 0.643 bits per heavy atom. The molecule has 0 aliphatic carbocycles. The van der Waals surface area contributed by atoms with E-state index in [4.69, 9.17) is 0 Å². The first-order valence-corrected chi connectivity index (χ1v) is 17.9. The fraction of sp³-hybridized carbons (Fsp3) is 0.195. The molecule has 0 aromatic heterocycles. The second-order valence-electron chi connectivity index (χ2n) is 13.5. The summed E-state index contributed by atoms with van der Waals surface area (Å²) in [6.45, 7) is -1.91. The van der Waals surface area contributed by atoms with Gasteiger partial charge in [0.2, 0.25) is 0 Å². The molecule has 15 heteroatoms. The number of carbonyl (C=O) groups is 9. The summed E-state index contributed by atoms with van der Waals surface area (Å²) in [4.78, 5) is 127. The minimum Gasteiger partial charge on any atom is -0.321 e. The number of imide groups is 4. The molecule has 0 fully saturated rings. The number of carbonyl (C=O) groups excluding carboxylic acids is 9. The van der Waals surface area contributed by atoms with Crippen LogP contribution in [0.15, 0.2) is 97.1 Å². The summed E-state index contributed by atoms with van der Waals surface area (Å²) < 4.78 is 0. The van der Waals surface area contributed by atoms with Crippen LogP contribution in [-0.2, 0) is 0 Å². The zero-order valence-corrected chi connectivity index (χ0v) is 29.8. The van der Waals surface area contributed by atoms with Crippen LogP contribution in [0.3, 0.4) is 0 Å². The Morgan fingerprint density at radius 2 is 0.482 bits per heavy atom. The SMILES string of the molecule is O=C(N(CCN1C(=O)c2ccccc2C1=O)CCN1C(=O)c2ccccc2C1=O)N(CCN1C(=O)c2ccccc2C1=O)CCN1C(=O)c2ccccc2C1=O. The van der Waals surface area contributed by atoms with Crippen LogP contribution in [0, 0.1) is 0 Å². The van der Waals surface area contributed by atoms with E-state index in [1.54, 1.807) is 48.5 Å². The second kappa shape index (κ2) is 14.2. The molecule has 4 aromatic carbocycles. The van der Waals surface area contributed by atoms with Gasteiger partial charge in [-0.25, -0.2) is 4.79 Å². The van der Waals surface area contributed by atoms with Crippen LogP contribution in [0.25, 0.3) is 0 Å². The van der Waals surface area contributed by atoms with Gasteiger partial charge < -0.3 is 9.80 Å². The van der Waals surface area contributed by atoms with Crippen LogP contribution in [-0.4, -0.2) is 135 Å². The number of amides is 10. The molecule has 56 heavy (non-hydrogen) atoms. The molecule has 0 radical (unpaired) electrons. The third-order valence-corrected chi connectivity index (χ3v) is 10.4. The van der Waals surface area contributed by atoms with Gasteiger partial charge in [0.25, 0.3) is 47.3 Å². The Balaban J connectivity index is 1.06. The minimum atomic E-state index is -0.716. The van der Waals surface area contributed by atoms with Crippen LogP contribution in [0.5, 0.6) is 0 Å². The normalized spacial score (nSPS) is 15.6. The number of benzene rings is 4. The molecule has 0 bridgehead atoms. The highest BCUT2D eigenvalue weighted by molar-refractivity contribution is 6.23. The molecule has 4 aliphatic rings. The molecule has 15 nitrogen and oxygen atoms in total.